The van der Waals surface area contributed by atoms with Gasteiger partial charge in [0.1, 0.15) is 5.69 Å². The first-order valence-electron chi connectivity index (χ1n) is 9.47. The topological polar surface area (TPSA) is 88.7 Å². The van der Waals surface area contributed by atoms with Crippen molar-refractivity contribution in [2.75, 3.05) is 13.7 Å². The van der Waals surface area contributed by atoms with Crippen molar-refractivity contribution in [3.8, 4) is 0 Å². The van der Waals surface area contributed by atoms with Crippen molar-refractivity contribution >= 4 is 17.8 Å². The lowest BCUT2D eigenvalue weighted by Crippen LogP contribution is -2.31. The fourth-order valence-corrected chi connectivity index (χ4v) is 2.97. The van der Waals surface area contributed by atoms with Gasteiger partial charge in [-0.25, -0.2) is 9.59 Å². The number of aromatic nitrogens is 1. The molecule has 0 aliphatic heterocycles. The van der Waals surface area contributed by atoms with E-state index in [2.05, 4.69) is 4.98 Å². The maximum absolute atomic E-state index is 12.4. The SMILES string of the molecule is Cc1ccccc1CN(C)C(=O)COC(=O)c1[nH]c(C)c(C(=O)OC(C)C)c1C. The normalized spacial score (nSPS) is 10.7. The molecule has 0 fully saturated rings. The van der Waals surface area contributed by atoms with E-state index in [1.807, 2.05) is 31.2 Å². The Bertz CT molecular complexity index is 914. The van der Waals surface area contributed by atoms with Gasteiger partial charge in [-0.3, -0.25) is 4.79 Å². The van der Waals surface area contributed by atoms with Crippen molar-refractivity contribution in [3.05, 3.63) is 57.9 Å². The number of aromatic amines is 1. The summed E-state index contributed by atoms with van der Waals surface area (Å²) in [4.78, 5) is 41.4. The number of esters is 2. The van der Waals surface area contributed by atoms with Gasteiger partial charge >= 0.3 is 11.9 Å². The first-order chi connectivity index (χ1) is 13.6. The second kappa shape index (κ2) is 9.41. The molecule has 1 heterocycles. The van der Waals surface area contributed by atoms with E-state index in [1.165, 1.54) is 4.90 Å². The number of carbonyl (C=O) groups is 3. The van der Waals surface area contributed by atoms with Crippen LogP contribution in [0.5, 0.6) is 0 Å². The number of rotatable bonds is 7. The summed E-state index contributed by atoms with van der Waals surface area (Å²) in [6.45, 7) is 8.85. The summed E-state index contributed by atoms with van der Waals surface area (Å²) in [5.41, 5.74) is 3.53. The Balaban J connectivity index is 2.01. The van der Waals surface area contributed by atoms with E-state index in [9.17, 15) is 14.4 Å². The number of ether oxygens (including phenoxy) is 2. The van der Waals surface area contributed by atoms with Gasteiger partial charge in [-0.2, -0.15) is 0 Å². The third-order valence-corrected chi connectivity index (χ3v) is 4.61. The maximum Gasteiger partial charge on any atom is 0.355 e. The Morgan fingerprint density at radius 3 is 2.34 bits per heavy atom. The molecule has 2 aromatic rings. The van der Waals surface area contributed by atoms with Crippen molar-refractivity contribution in [2.24, 2.45) is 0 Å². The summed E-state index contributed by atoms with van der Waals surface area (Å²) in [7, 11) is 1.66. The highest BCUT2D eigenvalue weighted by molar-refractivity contribution is 5.99. The summed E-state index contributed by atoms with van der Waals surface area (Å²) >= 11 is 0. The van der Waals surface area contributed by atoms with Crippen LogP contribution in [0.15, 0.2) is 24.3 Å². The van der Waals surface area contributed by atoms with Crippen molar-refractivity contribution in [2.45, 2.75) is 47.3 Å². The number of nitrogens with zero attached hydrogens (tertiary/aromatic N) is 1. The van der Waals surface area contributed by atoms with Gasteiger partial charge in [0.2, 0.25) is 0 Å². The minimum atomic E-state index is -0.688. The van der Waals surface area contributed by atoms with Crippen LogP contribution in [0.25, 0.3) is 0 Å². The summed E-state index contributed by atoms with van der Waals surface area (Å²) in [6, 6.07) is 7.78. The van der Waals surface area contributed by atoms with Gasteiger partial charge in [0.15, 0.2) is 6.61 Å². The van der Waals surface area contributed by atoms with Gasteiger partial charge < -0.3 is 19.4 Å². The fraction of sp³-hybridized carbons (Fsp3) is 0.409. The molecular weight excluding hydrogens is 372 g/mol. The molecule has 1 amide bonds. The van der Waals surface area contributed by atoms with Gasteiger partial charge in [0, 0.05) is 19.3 Å². The summed E-state index contributed by atoms with van der Waals surface area (Å²) in [6.07, 6.45) is -0.270. The van der Waals surface area contributed by atoms with Crippen LogP contribution in [-0.4, -0.2) is 47.5 Å². The van der Waals surface area contributed by atoms with E-state index < -0.39 is 11.9 Å². The molecular formula is C22H28N2O5. The smallest absolute Gasteiger partial charge is 0.355 e. The molecule has 0 bridgehead atoms. The predicted octanol–water partition coefficient (Wildman–Crippen LogP) is 3.32. The number of aryl methyl sites for hydroxylation is 2. The first kappa shape index (κ1) is 22.2. The third-order valence-electron chi connectivity index (χ3n) is 4.61. The quantitative estimate of drug-likeness (QED) is 0.720. The minimum absolute atomic E-state index is 0.146. The summed E-state index contributed by atoms with van der Waals surface area (Å²) < 4.78 is 10.4. The number of nitrogens with one attached hydrogen (secondary N) is 1. The molecule has 0 aliphatic carbocycles. The number of carbonyl (C=O) groups excluding carboxylic acids is 3. The molecule has 7 heteroatoms. The lowest BCUT2D eigenvalue weighted by atomic mass is 10.1. The zero-order valence-electron chi connectivity index (χ0n) is 17.8. The molecule has 29 heavy (non-hydrogen) atoms. The highest BCUT2D eigenvalue weighted by Crippen LogP contribution is 2.20. The molecule has 0 aliphatic rings. The molecule has 0 saturated carbocycles. The first-order valence-corrected chi connectivity index (χ1v) is 9.47. The van der Waals surface area contributed by atoms with Crippen LogP contribution >= 0.6 is 0 Å². The Labute approximate surface area is 171 Å². The standard InChI is InChI=1S/C22H28N2O5/c1-13(2)29-21(26)19-15(4)20(23-16(19)5)22(27)28-12-18(25)24(6)11-17-10-8-7-9-14(17)3/h7-10,13,23H,11-12H2,1-6H3. The molecule has 1 aromatic carbocycles. The van der Waals surface area contributed by atoms with Crippen molar-refractivity contribution in [1.29, 1.82) is 0 Å². The molecule has 1 N–H and O–H groups in total. The molecule has 2 rings (SSSR count). The monoisotopic (exact) mass is 400 g/mol. The molecule has 156 valence electrons. The van der Waals surface area contributed by atoms with Crippen LogP contribution in [0.1, 0.15) is 57.1 Å². The average molecular weight is 400 g/mol. The van der Waals surface area contributed by atoms with E-state index >= 15 is 0 Å². The van der Waals surface area contributed by atoms with Crippen LogP contribution in [0.2, 0.25) is 0 Å². The third kappa shape index (κ3) is 5.47. The van der Waals surface area contributed by atoms with Gasteiger partial charge in [-0.05, 0) is 51.3 Å². The van der Waals surface area contributed by atoms with E-state index in [0.717, 1.165) is 11.1 Å². The van der Waals surface area contributed by atoms with E-state index in [4.69, 9.17) is 9.47 Å². The molecule has 0 unspecified atom stereocenters. The van der Waals surface area contributed by atoms with Crippen LogP contribution in [0, 0.1) is 20.8 Å². The van der Waals surface area contributed by atoms with Gasteiger partial charge in [-0.1, -0.05) is 24.3 Å². The Kier molecular flexibility index (Phi) is 7.20. The maximum atomic E-state index is 12.4. The van der Waals surface area contributed by atoms with Gasteiger partial charge in [0.05, 0.1) is 11.7 Å². The van der Waals surface area contributed by atoms with Crippen molar-refractivity contribution in [1.82, 2.24) is 9.88 Å². The van der Waals surface area contributed by atoms with Crippen molar-refractivity contribution < 1.29 is 23.9 Å². The van der Waals surface area contributed by atoms with Gasteiger partial charge in [-0.15, -0.1) is 0 Å². The number of amides is 1. The Morgan fingerprint density at radius 1 is 1.07 bits per heavy atom. The molecule has 1 aromatic heterocycles. The minimum Gasteiger partial charge on any atom is -0.459 e. The van der Waals surface area contributed by atoms with Crippen LogP contribution < -0.4 is 0 Å². The summed E-state index contributed by atoms with van der Waals surface area (Å²) in [5, 5.41) is 0. The molecule has 0 saturated heterocycles. The molecule has 0 spiro atoms. The number of likely N-dealkylation sites (N-methyl/N-ethyl adjacent to an activating group) is 1. The average Bonchev–Trinajstić information content (AvgIpc) is 2.95. The van der Waals surface area contributed by atoms with Crippen LogP contribution in [0.3, 0.4) is 0 Å². The van der Waals surface area contributed by atoms with Crippen molar-refractivity contribution in [3.63, 3.8) is 0 Å². The van der Waals surface area contributed by atoms with E-state index in [-0.39, 0.29) is 24.3 Å². The van der Waals surface area contributed by atoms with E-state index in [1.54, 1.807) is 34.7 Å². The summed E-state index contributed by atoms with van der Waals surface area (Å²) in [5.74, 6) is -1.51. The Hall–Kier alpha value is -3.09. The molecule has 7 nitrogen and oxygen atoms in total. The van der Waals surface area contributed by atoms with Crippen LogP contribution in [0.4, 0.5) is 0 Å². The number of hydrogen-bond acceptors (Lipinski definition) is 5. The fourth-order valence-electron chi connectivity index (χ4n) is 2.97. The number of benzene rings is 1. The highest BCUT2D eigenvalue weighted by atomic mass is 16.5. The zero-order valence-corrected chi connectivity index (χ0v) is 17.8. The van der Waals surface area contributed by atoms with Gasteiger partial charge in [0.25, 0.3) is 5.91 Å². The number of hydrogen-bond donors (Lipinski definition) is 1. The molecule has 0 radical (unpaired) electrons. The second-order valence-electron chi connectivity index (χ2n) is 7.33. The second-order valence-corrected chi connectivity index (χ2v) is 7.33. The largest absolute Gasteiger partial charge is 0.459 e. The lowest BCUT2D eigenvalue weighted by molar-refractivity contribution is -0.133. The lowest BCUT2D eigenvalue weighted by Gasteiger charge is -2.18. The Morgan fingerprint density at radius 2 is 1.72 bits per heavy atom. The predicted molar refractivity (Wildman–Crippen MR) is 109 cm³/mol. The van der Waals surface area contributed by atoms with Crippen LogP contribution in [-0.2, 0) is 20.8 Å². The highest BCUT2D eigenvalue weighted by Gasteiger charge is 2.25. The zero-order chi connectivity index (χ0) is 21.7. The van der Waals surface area contributed by atoms with E-state index in [0.29, 0.717) is 23.4 Å². The number of H-pyrrole nitrogens is 1. The molecule has 0 atom stereocenters.